The van der Waals surface area contributed by atoms with Gasteiger partial charge in [-0.25, -0.2) is 0 Å². The Bertz CT molecular complexity index is 195. The number of methoxy groups -OCH3 is 1. The number of rotatable bonds is 2. The molecule has 0 aliphatic heterocycles. The van der Waals surface area contributed by atoms with E-state index in [-0.39, 0.29) is 0 Å². The van der Waals surface area contributed by atoms with E-state index in [1.165, 1.54) is 0 Å². The zero-order chi connectivity index (χ0) is 7.40. The second-order valence-corrected chi connectivity index (χ2v) is 2.10. The highest BCUT2D eigenvalue weighted by Gasteiger charge is 1.91. The van der Waals surface area contributed by atoms with Gasteiger partial charge in [-0.2, -0.15) is 10.2 Å². The van der Waals surface area contributed by atoms with Crippen molar-refractivity contribution in [3.05, 3.63) is 23.5 Å². The predicted octanol–water partition coefficient (Wildman–Crippen LogP) is 0.931. The Balaban J connectivity index is 2.69. The summed E-state index contributed by atoms with van der Waals surface area (Å²) >= 11 is 0. The van der Waals surface area contributed by atoms with Gasteiger partial charge in [-0.15, -0.1) is 0 Å². The Morgan fingerprint density at radius 2 is 2.20 bits per heavy atom. The summed E-state index contributed by atoms with van der Waals surface area (Å²) < 4.78 is 4.87. The molecule has 1 aromatic rings. The Hall–Kier alpha value is -0.960. The fraction of sp³-hybridized carbons (Fsp3) is 0.429. The third-order valence-electron chi connectivity index (χ3n) is 1.15. The summed E-state index contributed by atoms with van der Waals surface area (Å²) in [5.74, 6) is 0. The van der Waals surface area contributed by atoms with E-state index in [2.05, 4.69) is 10.2 Å². The molecule has 0 unspecified atom stereocenters. The second-order valence-electron chi connectivity index (χ2n) is 2.10. The van der Waals surface area contributed by atoms with Crippen LogP contribution in [0.5, 0.6) is 0 Å². The zero-order valence-electron chi connectivity index (χ0n) is 6.16. The molecular weight excluding hydrogens is 128 g/mol. The fourth-order valence-corrected chi connectivity index (χ4v) is 0.651. The van der Waals surface area contributed by atoms with Crippen LogP contribution in [-0.4, -0.2) is 17.3 Å². The summed E-state index contributed by atoms with van der Waals surface area (Å²) in [5.41, 5.74) is 1.80. The van der Waals surface area contributed by atoms with Crippen LogP contribution in [0.15, 0.2) is 12.1 Å². The van der Waals surface area contributed by atoms with Crippen molar-refractivity contribution < 1.29 is 4.74 Å². The van der Waals surface area contributed by atoms with Crippen molar-refractivity contribution in [1.82, 2.24) is 10.2 Å². The van der Waals surface area contributed by atoms with Crippen molar-refractivity contribution in [3.63, 3.8) is 0 Å². The first-order valence-electron chi connectivity index (χ1n) is 3.11. The van der Waals surface area contributed by atoms with Gasteiger partial charge in [0.15, 0.2) is 0 Å². The Morgan fingerprint density at radius 3 is 2.70 bits per heavy atom. The standard InChI is InChI=1S/C7H10N2O/c1-6-3-4-7(5-10-2)9-8-6/h3-4H,5H2,1-2H3. The van der Waals surface area contributed by atoms with E-state index < -0.39 is 0 Å². The van der Waals surface area contributed by atoms with Gasteiger partial charge in [-0.1, -0.05) is 0 Å². The zero-order valence-corrected chi connectivity index (χ0v) is 6.16. The van der Waals surface area contributed by atoms with Crippen molar-refractivity contribution in [2.24, 2.45) is 0 Å². The van der Waals surface area contributed by atoms with Crippen LogP contribution in [0.2, 0.25) is 0 Å². The van der Waals surface area contributed by atoms with Gasteiger partial charge >= 0.3 is 0 Å². The lowest BCUT2D eigenvalue weighted by atomic mass is 10.3. The number of hydrogen-bond acceptors (Lipinski definition) is 3. The summed E-state index contributed by atoms with van der Waals surface area (Å²) in [5, 5.41) is 7.76. The van der Waals surface area contributed by atoms with Gasteiger partial charge in [-0.3, -0.25) is 0 Å². The van der Waals surface area contributed by atoms with Crippen LogP contribution in [0.25, 0.3) is 0 Å². The first-order chi connectivity index (χ1) is 4.83. The molecule has 0 aliphatic rings. The summed E-state index contributed by atoms with van der Waals surface area (Å²) in [7, 11) is 1.64. The summed E-state index contributed by atoms with van der Waals surface area (Å²) in [6.07, 6.45) is 0. The molecule has 1 aromatic heterocycles. The van der Waals surface area contributed by atoms with Gasteiger partial charge in [-0.05, 0) is 19.1 Å². The van der Waals surface area contributed by atoms with E-state index >= 15 is 0 Å². The van der Waals surface area contributed by atoms with Gasteiger partial charge in [0.2, 0.25) is 0 Å². The largest absolute Gasteiger partial charge is 0.378 e. The lowest BCUT2D eigenvalue weighted by Crippen LogP contribution is -1.94. The molecule has 0 aliphatic carbocycles. The monoisotopic (exact) mass is 138 g/mol. The third-order valence-corrected chi connectivity index (χ3v) is 1.15. The Morgan fingerprint density at radius 1 is 1.40 bits per heavy atom. The van der Waals surface area contributed by atoms with Gasteiger partial charge in [0.05, 0.1) is 18.0 Å². The quantitative estimate of drug-likeness (QED) is 0.609. The maximum absolute atomic E-state index is 4.87. The average molecular weight is 138 g/mol. The number of nitrogens with zero attached hydrogens (tertiary/aromatic N) is 2. The molecule has 0 bridgehead atoms. The number of aryl methyl sites for hydroxylation is 1. The van der Waals surface area contributed by atoms with E-state index in [4.69, 9.17) is 4.74 Å². The molecule has 3 nitrogen and oxygen atoms in total. The van der Waals surface area contributed by atoms with E-state index in [9.17, 15) is 0 Å². The smallest absolute Gasteiger partial charge is 0.0902 e. The van der Waals surface area contributed by atoms with Crippen molar-refractivity contribution in [2.45, 2.75) is 13.5 Å². The summed E-state index contributed by atoms with van der Waals surface area (Å²) in [6, 6.07) is 3.83. The predicted molar refractivity (Wildman–Crippen MR) is 37.5 cm³/mol. The van der Waals surface area contributed by atoms with E-state index in [0.717, 1.165) is 11.4 Å². The highest BCUT2D eigenvalue weighted by atomic mass is 16.5. The molecule has 0 aromatic carbocycles. The molecule has 0 spiro atoms. The molecule has 0 radical (unpaired) electrons. The molecule has 1 rings (SSSR count). The maximum atomic E-state index is 4.87. The number of ether oxygens (including phenoxy) is 1. The molecule has 3 heteroatoms. The first-order valence-corrected chi connectivity index (χ1v) is 3.11. The fourth-order valence-electron chi connectivity index (χ4n) is 0.651. The Labute approximate surface area is 60.0 Å². The molecule has 10 heavy (non-hydrogen) atoms. The molecule has 1 heterocycles. The Kier molecular flexibility index (Phi) is 2.34. The van der Waals surface area contributed by atoms with E-state index in [0.29, 0.717) is 6.61 Å². The molecule has 0 N–H and O–H groups in total. The van der Waals surface area contributed by atoms with Crippen molar-refractivity contribution >= 4 is 0 Å². The lowest BCUT2D eigenvalue weighted by Gasteiger charge is -1.95. The highest BCUT2D eigenvalue weighted by molar-refractivity contribution is 5.03. The van der Waals surface area contributed by atoms with Crippen LogP contribution in [0, 0.1) is 6.92 Å². The van der Waals surface area contributed by atoms with Crippen molar-refractivity contribution in [1.29, 1.82) is 0 Å². The minimum absolute atomic E-state index is 0.535. The summed E-state index contributed by atoms with van der Waals surface area (Å²) in [4.78, 5) is 0. The van der Waals surface area contributed by atoms with Crippen LogP contribution in [0.4, 0.5) is 0 Å². The van der Waals surface area contributed by atoms with Crippen LogP contribution in [0.3, 0.4) is 0 Å². The maximum Gasteiger partial charge on any atom is 0.0902 e. The SMILES string of the molecule is COCc1ccc(C)nn1. The second kappa shape index (κ2) is 3.27. The summed E-state index contributed by atoms with van der Waals surface area (Å²) in [6.45, 7) is 2.44. The molecule has 0 atom stereocenters. The molecule has 0 fully saturated rings. The van der Waals surface area contributed by atoms with Crippen LogP contribution >= 0.6 is 0 Å². The van der Waals surface area contributed by atoms with Crippen molar-refractivity contribution in [3.8, 4) is 0 Å². The van der Waals surface area contributed by atoms with Crippen LogP contribution < -0.4 is 0 Å². The number of hydrogen-bond donors (Lipinski definition) is 0. The molecule has 0 saturated heterocycles. The minimum Gasteiger partial charge on any atom is -0.378 e. The first kappa shape index (κ1) is 7.15. The molecule has 0 saturated carbocycles. The van der Waals surface area contributed by atoms with E-state index in [1.807, 2.05) is 19.1 Å². The number of aromatic nitrogens is 2. The molecule has 54 valence electrons. The topological polar surface area (TPSA) is 35.0 Å². The van der Waals surface area contributed by atoms with Crippen LogP contribution in [-0.2, 0) is 11.3 Å². The van der Waals surface area contributed by atoms with E-state index in [1.54, 1.807) is 7.11 Å². The normalized spacial score (nSPS) is 9.80. The average Bonchev–Trinajstić information content (AvgIpc) is 1.95. The van der Waals surface area contributed by atoms with Gasteiger partial charge in [0.1, 0.15) is 0 Å². The lowest BCUT2D eigenvalue weighted by molar-refractivity contribution is 0.180. The highest BCUT2D eigenvalue weighted by Crippen LogP contribution is 1.95. The molecular formula is C7H10N2O. The van der Waals surface area contributed by atoms with Crippen molar-refractivity contribution in [2.75, 3.05) is 7.11 Å². The van der Waals surface area contributed by atoms with Gasteiger partial charge in [0, 0.05) is 7.11 Å². The molecule has 0 amide bonds. The van der Waals surface area contributed by atoms with Gasteiger partial charge in [0.25, 0.3) is 0 Å². The third kappa shape index (κ3) is 1.77. The van der Waals surface area contributed by atoms with Crippen LogP contribution in [0.1, 0.15) is 11.4 Å². The minimum atomic E-state index is 0.535. The van der Waals surface area contributed by atoms with Gasteiger partial charge < -0.3 is 4.74 Å².